The van der Waals surface area contributed by atoms with Crippen LogP contribution >= 0.6 is 0 Å². The molecule has 4 heteroatoms. The molecule has 0 aromatic heterocycles. The van der Waals surface area contributed by atoms with Crippen LogP contribution in [-0.2, 0) is 14.3 Å². The molecule has 0 aliphatic heterocycles. The van der Waals surface area contributed by atoms with E-state index >= 15 is 0 Å². The highest BCUT2D eigenvalue weighted by molar-refractivity contribution is 5.69. The maximum Gasteiger partial charge on any atom is 0.306 e. The highest BCUT2D eigenvalue weighted by Gasteiger charge is 2.13. The van der Waals surface area contributed by atoms with E-state index < -0.39 is 6.10 Å². The maximum atomic E-state index is 12.1. The van der Waals surface area contributed by atoms with Gasteiger partial charge in [0.05, 0.1) is 13.2 Å². The number of esters is 1. The van der Waals surface area contributed by atoms with Crippen molar-refractivity contribution in [1.82, 2.24) is 0 Å². The molecule has 262 valence electrons. The summed E-state index contributed by atoms with van der Waals surface area (Å²) in [5.74, 6) is -0.219. The number of rotatable bonds is 35. The molecule has 0 heterocycles. The van der Waals surface area contributed by atoms with Crippen molar-refractivity contribution in [2.75, 3.05) is 19.8 Å². The molecule has 45 heavy (non-hydrogen) atoms. The number of hydrogen-bond donors (Lipinski definition) is 1. The van der Waals surface area contributed by atoms with E-state index in [0.717, 1.165) is 51.4 Å². The van der Waals surface area contributed by atoms with Crippen molar-refractivity contribution in [3.63, 3.8) is 0 Å². The third-order valence-corrected chi connectivity index (χ3v) is 8.14. The van der Waals surface area contributed by atoms with Crippen LogP contribution in [-0.4, -0.2) is 37.0 Å². The van der Waals surface area contributed by atoms with Crippen molar-refractivity contribution in [1.29, 1.82) is 0 Å². The minimum Gasteiger partial charge on any atom is -0.457 e. The summed E-state index contributed by atoms with van der Waals surface area (Å²) < 4.78 is 11.1. The third-order valence-electron chi connectivity index (χ3n) is 8.14. The Morgan fingerprint density at radius 3 is 1.53 bits per heavy atom. The fourth-order valence-corrected chi connectivity index (χ4v) is 5.28. The van der Waals surface area contributed by atoms with Gasteiger partial charge in [-0.25, -0.2) is 0 Å². The Morgan fingerprint density at radius 2 is 1.00 bits per heavy atom. The Bertz CT molecular complexity index is 708. The monoisotopic (exact) mass is 631 g/mol. The molecule has 0 saturated heterocycles. The molecule has 0 aromatic rings. The lowest BCUT2D eigenvalue weighted by Crippen LogP contribution is -2.27. The fraction of sp³-hybridized carbons (Fsp3) is 0.780. The lowest BCUT2D eigenvalue weighted by molar-refractivity contribution is -0.154. The van der Waals surface area contributed by atoms with Gasteiger partial charge in [0.15, 0.2) is 0 Å². The lowest BCUT2D eigenvalue weighted by atomic mass is 10.1. The molecule has 0 radical (unpaired) electrons. The van der Waals surface area contributed by atoms with Gasteiger partial charge in [-0.05, 0) is 70.6 Å². The number of aliphatic hydroxyl groups excluding tert-OH is 1. The predicted molar refractivity (Wildman–Crippen MR) is 196 cm³/mol. The fourth-order valence-electron chi connectivity index (χ4n) is 5.28. The third kappa shape index (κ3) is 36.7. The SMILES string of the molecule is CC/C=C\C/C=C\C/C=C\CCCCCCCC(=O)OC(CO)COCCCCCCCCCC/C=C\CCCCCCCC. The standard InChI is InChI=1S/C41H74O4/c1-3-5-7-9-11-13-15-17-19-20-21-23-25-27-29-31-33-35-37-44-39-40(38-42)45-41(43)36-34-32-30-28-26-24-22-18-16-14-12-10-8-6-4-2/h6,8,12,14,17-19,22,40,42H,3-5,7,9-11,13,15-16,20-21,23-39H2,1-2H3/b8-6-,14-12-,19-17-,22-18-. The summed E-state index contributed by atoms with van der Waals surface area (Å²) >= 11 is 0. The van der Waals surface area contributed by atoms with Gasteiger partial charge in [-0.1, -0.05) is 152 Å². The lowest BCUT2D eigenvalue weighted by Gasteiger charge is -2.15. The average Bonchev–Trinajstić information content (AvgIpc) is 3.05. The van der Waals surface area contributed by atoms with Gasteiger partial charge >= 0.3 is 5.97 Å². The van der Waals surface area contributed by atoms with E-state index in [4.69, 9.17) is 9.47 Å². The second-order valence-electron chi connectivity index (χ2n) is 12.6. The summed E-state index contributed by atoms with van der Waals surface area (Å²) in [5, 5.41) is 9.56. The zero-order chi connectivity index (χ0) is 32.7. The minimum absolute atomic E-state index is 0.181. The topological polar surface area (TPSA) is 55.8 Å². The first-order valence-corrected chi connectivity index (χ1v) is 19.2. The Balaban J connectivity index is 3.47. The number of allylic oxidation sites excluding steroid dienone is 8. The van der Waals surface area contributed by atoms with Crippen LogP contribution in [0, 0.1) is 0 Å². The molecule has 0 aliphatic rings. The van der Waals surface area contributed by atoms with Crippen LogP contribution in [0.4, 0.5) is 0 Å². The molecular formula is C41H74O4. The van der Waals surface area contributed by atoms with Gasteiger partial charge in [-0.3, -0.25) is 4.79 Å². The second kappa shape index (κ2) is 38.5. The summed E-state index contributed by atoms with van der Waals surface area (Å²) in [6.45, 7) is 5.21. The second-order valence-corrected chi connectivity index (χ2v) is 12.6. The molecule has 0 saturated carbocycles. The Hall–Kier alpha value is -1.65. The first-order chi connectivity index (χ1) is 22.2. The van der Waals surface area contributed by atoms with Gasteiger partial charge in [0.2, 0.25) is 0 Å². The van der Waals surface area contributed by atoms with E-state index in [-0.39, 0.29) is 19.2 Å². The average molecular weight is 631 g/mol. The van der Waals surface area contributed by atoms with Crippen LogP contribution in [0.2, 0.25) is 0 Å². The number of ether oxygens (including phenoxy) is 2. The van der Waals surface area contributed by atoms with Crippen molar-refractivity contribution in [3.05, 3.63) is 48.6 Å². The molecule has 1 unspecified atom stereocenters. The molecule has 0 aliphatic carbocycles. The van der Waals surface area contributed by atoms with Crippen LogP contribution in [0.3, 0.4) is 0 Å². The highest BCUT2D eigenvalue weighted by atomic mass is 16.6. The Labute approximate surface area is 280 Å². The Morgan fingerprint density at radius 1 is 0.556 bits per heavy atom. The van der Waals surface area contributed by atoms with Crippen molar-refractivity contribution < 1.29 is 19.4 Å². The van der Waals surface area contributed by atoms with Crippen LogP contribution in [0.5, 0.6) is 0 Å². The van der Waals surface area contributed by atoms with Crippen LogP contribution in [0.15, 0.2) is 48.6 Å². The normalized spacial score (nSPS) is 12.9. The molecule has 1 N–H and O–H groups in total. The van der Waals surface area contributed by atoms with Gasteiger partial charge in [0.25, 0.3) is 0 Å². The summed E-state index contributed by atoms with van der Waals surface area (Å²) in [5.41, 5.74) is 0. The quantitative estimate of drug-likeness (QED) is 0.0430. The summed E-state index contributed by atoms with van der Waals surface area (Å²) in [7, 11) is 0. The minimum atomic E-state index is -0.544. The van der Waals surface area contributed by atoms with E-state index in [2.05, 4.69) is 62.5 Å². The summed E-state index contributed by atoms with van der Waals surface area (Å²) in [6, 6.07) is 0. The van der Waals surface area contributed by atoms with Gasteiger partial charge in [0, 0.05) is 13.0 Å². The zero-order valence-electron chi connectivity index (χ0n) is 29.9. The summed E-state index contributed by atoms with van der Waals surface area (Å²) in [6.07, 6.45) is 48.7. The van der Waals surface area contributed by atoms with E-state index in [1.54, 1.807) is 0 Å². The first-order valence-electron chi connectivity index (χ1n) is 19.2. The molecule has 0 spiro atoms. The molecule has 0 bridgehead atoms. The van der Waals surface area contributed by atoms with Gasteiger partial charge in [0.1, 0.15) is 6.10 Å². The van der Waals surface area contributed by atoms with Crippen LogP contribution in [0.1, 0.15) is 181 Å². The number of unbranched alkanes of at least 4 members (excludes halogenated alkanes) is 19. The summed E-state index contributed by atoms with van der Waals surface area (Å²) in [4.78, 5) is 12.1. The van der Waals surface area contributed by atoms with Gasteiger partial charge < -0.3 is 14.6 Å². The molecule has 0 aromatic carbocycles. The molecule has 4 nitrogen and oxygen atoms in total. The number of aliphatic hydroxyl groups is 1. The smallest absolute Gasteiger partial charge is 0.306 e. The van der Waals surface area contributed by atoms with Crippen molar-refractivity contribution in [3.8, 4) is 0 Å². The Kier molecular flexibility index (Phi) is 37.1. The number of carbonyl (C=O) groups excluding carboxylic acids is 1. The first kappa shape index (κ1) is 43.4. The zero-order valence-corrected chi connectivity index (χ0v) is 29.9. The van der Waals surface area contributed by atoms with E-state index in [1.807, 2.05) is 0 Å². The molecule has 0 rings (SSSR count). The van der Waals surface area contributed by atoms with Crippen molar-refractivity contribution in [2.24, 2.45) is 0 Å². The maximum absolute atomic E-state index is 12.1. The largest absolute Gasteiger partial charge is 0.457 e. The van der Waals surface area contributed by atoms with Gasteiger partial charge in [-0.15, -0.1) is 0 Å². The van der Waals surface area contributed by atoms with Gasteiger partial charge in [-0.2, -0.15) is 0 Å². The molecule has 1 atom stereocenters. The predicted octanol–water partition coefficient (Wildman–Crippen LogP) is 12.3. The van der Waals surface area contributed by atoms with E-state index in [9.17, 15) is 9.90 Å². The molecular weight excluding hydrogens is 556 g/mol. The molecule has 0 fully saturated rings. The van der Waals surface area contributed by atoms with Crippen molar-refractivity contribution >= 4 is 5.97 Å². The number of hydrogen-bond acceptors (Lipinski definition) is 4. The molecule has 0 amide bonds. The highest BCUT2D eigenvalue weighted by Crippen LogP contribution is 2.12. The van der Waals surface area contributed by atoms with Crippen molar-refractivity contribution in [2.45, 2.75) is 187 Å². The van der Waals surface area contributed by atoms with E-state index in [0.29, 0.717) is 13.0 Å². The van der Waals surface area contributed by atoms with E-state index in [1.165, 1.54) is 109 Å². The van der Waals surface area contributed by atoms with Crippen LogP contribution < -0.4 is 0 Å². The number of carbonyl (C=O) groups is 1. The van der Waals surface area contributed by atoms with Crippen LogP contribution in [0.25, 0.3) is 0 Å².